The number of nitrogens with one attached hydrogen (secondary N) is 1. The third-order valence-electron chi connectivity index (χ3n) is 3.65. The van der Waals surface area contributed by atoms with E-state index >= 15 is 0 Å². The number of thiol groups is 1. The zero-order valence-electron chi connectivity index (χ0n) is 16.8. The van der Waals surface area contributed by atoms with E-state index in [1.165, 1.54) is 20.8 Å². The first kappa shape index (κ1) is 29.0. The van der Waals surface area contributed by atoms with E-state index in [-0.39, 0.29) is 10.7 Å². The molecule has 0 saturated carbocycles. The topological polar surface area (TPSA) is 159 Å². The number of amides is 3. The molecule has 0 heterocycles. The molecule has 0 fully saturated rings. The summed E-state index contributed by atoms with van der Waals surface area (Å²) in [5.41, 5.74) is 1.67. The second kappa shape index (κ2) is 11.1. The Kier molecular flexibility index (Phi) is 10.7. The standard InChI is InChI=1S/C16H26Cl3N3O7S/c1-8(23)21-5-10(24)15(12(26)27,7-16(17,18)19)22(11(25)9(20)6-30)13(28)29-14(2,3)4/h9-10,24,30H,5-7,20H2,1-4H3,(H,21,23)(H,26,27)/t9?,10-,15?/m0/s1. The minimum atomic E-state index is -2.85. The van der Waals surface area contributed by atoms with E-state index in [0.717, 1.165) is 6.92 Å². The fourth-order valence-electron chi connectivity index (χ4n) is 2.38. The first-order valence-electron chi connectivity index (χ1n) is 8.55. The van der Waals surface area contributed by atoms with Crippen LogP contribution in [0, 0.1) is 0 Å². The van der Waals surface area contributed by atoms with Gasteiger partial charge in [0.2, 0.25) is 5.91 Å². The zero-order valence-corrected chi connectivity index (χ0v) is 20.0. The molecule has 5 N–H and O–H groups in total. The number of aliphatic hydroxyl groups is 1. The normalized spacial score (nSPS) is 16.1. The van der Waals surface area contributed by atoms with E-state index in [4.69, 9.17) is 45.3 Å². The van der Waals surface area contributed by atoms with E-state index in [2.05, 4.69) is 17.9 Å². The minimum Gasteiger partial charge on any atom is -0.479 e. The molecule has 174 valence electrons. The number of rotatable bonds is 8. The summed E-state index contributed by atoms with van der Waals surface area (Å²) in [4.78, 5) is 49.6. The highest BCUT2D eigenvalue weighted by atomic mass is 35.6. The van der Waals surface area contributed by atoms with Crippen molar-refractivity contribution in [2.45, 2.75) is 61.2 Å². The quantitative estimate of drug-likeness (QED) is 0.240. The van der Waals surface area contributed by atoms with Gasteiger partial charge in [0.25, 0.3) is 5.91 Å². The molecular weight excluding hydrogens is 485 g/mol. The third kappa shape index (κ3) is 8.27. The number of carbonyl (C=O) groups is 4. The molecule has 0 aliphatic rings. The summed E-state index contributed by atoms with van der Waals surface area (Å²) in [6, 6.07) is -1.46. The van der Waals surface area contributed by atoms with Gasteiger partial charge in [0, 0.05) is 25.6 Å². The second-order valence-corrected chi connectivity index (χ2v) is 10.3. The van der Waals surface area contributed by atoms with Gasteiger partial charge < -0.3 is 26.0 Å². The molecule has 30 heavy (non-hydrogen) atoms. The van der Waals surface area contributed by atoms with Gasteiger partial charge in [0.1, 0.15) is 11.7 Å². The fourth-order valence-corrected chi connectivity index (χ4v) is 3.14. The molecule has 0 radical (unpaired) electrons. The number of nitrogens with zero attached hydrogens (tertiary/aromatic N) is 1. The molecule has 3 atom stereocenters. The monoisotopic (exact) mass is 509 g/mol. The molecule has 0 aliphatic heterocycles. The van der Waals surface area contributed by atoms with Crippen LogP contribution < -0.4 is 11.1 Å². The van der Waals surface area contributed by atoms with Gasteiger partial charge >= 0.3 is 12.1 Å². The van der Waals surface area contributed by atoms with Crippen molar-refractivity contribution >= 4 is 71.3 Å². The predicted octanol–water partition coefficient (Wildman–Crippen LogP) is 1.09. The summed E-state index contributed by atoms with van der Waals surface area (Å²) in [5.74, 6) is -4.02. The van der Waals surface area contributed by atoms with Crippen molar-refractivity contribution in [3.05, 3.63) is 0 Å². The van der Waals surface area contributed by atoms with Crippen LogP contribution in [0.4, 0.5) is 4.79 Å². The number of ether oxygens (including phenoxy) is 1. The zero-order chi connectivity index (χ0) is 24.1. The van der Waals surface area contributed by atoms with Gasteiger partial charge in [-0.15, -0.1) is 0 Å². The molecular formula is C16H26Cl3N3O7S. The maximum atomic E-state index is 12.9. The lowest BCUT2D eigenvalue weighted by Crippen LogP contribution is -2.70. The van der Waals surface area contributed by atoms with E-state index in [1.54, 1.807) is 0 Å². The van der Waals surface area contributed by atoms with Gasteiger partial charge in [-0.25, -0.2) is 14.5 Å². The highest BCUT2D eigenvalue weighted by Crippen LogP contribution is 2.41. The van der Waals surface area contributed by atoms with E-state index in [1.807, 2.05) is 0 Å². The summed E-state index contributed by atoms with van der Waals surface area (Å²) in [6.07, 6.45) is -4.58. The Bertz CT molecular complexity index is 669. The number of imide groups is 1. The van der Waals surface area contributed by atoms with Gasteiger partial charge in [-0.2, -0.15) is 12.6 Å². The highest BCUT2D eigenvalue weighted by molar-refractivity contribution is 7.80. The van der Waals surface area contributed by atoms with Gasteiger partial charge in [0.05, 0.1) is 6.04 Å². The Labute approximate surface area is 194 Å². The van der Waals surface area contributed by atoms with Crippen molar-refractivity contribution in [1.82, 2.24) is 10.2 Å². The molecule has 2 unspecified atom stereocenters. The summed E-state index contributed by atoms with van der Waals surface area (Å²) in [7, 11) is 0. The van der Waals surface area contributed by atoms with Crippen LogP contribution in [0.15, 0.2) is 0 Å². The number of carboxylic acids is 1. The van der Waals surface area contributed by atoms with Gasteiger partial charge in [0.15, 0.2) is 9.33 Å². The molecule has 0 bridgehead atoms. The van der Waals surface area contributed by atoms with Crippen molar-refractivity contribution in [1.29, 1.82) is 0 Å². The Morgan fingerprint density at radius 3 is 2.03 bits per heavy atom. The molecule has 0 spiro atoms. The van der Waals surface area contributed by atoms with Crippen molar-refractivity contribution in [3.8, 4) is 0 Å². The minimum absolute atomic E-state index is 0.121. The van der Waals surface area contributed by atoms with Crippen LogP contribution in [-0.4, -0.2) is 78.4 Å². The van der Waals surface area contributed by atoms with Crippen LogP contribution in [0.1, 0.15) is 34.1 Å². The molecule has 0 aromatic heterocycles. The van der Waals surface area contributed by atoms with Crippen LogP contribution in [0.2, 0.25) is 0 Å². The van der Waals surface area contributed by atoms with Crippen molar-refractivity contribution in [3.63, 3.8) is 0 Å². The van der Waals surface area contributed by atoms with E-state index < -0.39 is 63.9 Å². The highest BCUT2D eigenvalue weighted by Gasteiger charge is 2.59. The van der Waals surface area contributed by atoms with Crippen LogP contribution in [0.3, 0.4) is 0 Å². The molecule has 0 aromatic rings. The van der Waals surface area contributed by atoms with Crippen LogP contribution in [-0.2, 0) is 19.1 Å². The molecule has 0 saturated heterocycles. The number of carboxylic acid groups (broad SMARTS) is 1. The largest absolute Gasteiger partial charge is 0.479 e. The number of aliphatic hydroxyl groups excluding tert-OH is 1. The van der Waals surface area contributed by atoms with E-state index in [9.17, 15) is 29.4 Å². The van der Waals surface area contributed by atoms with Gasteiger partial charge in [-0.05, 0) is 20.8 Å². The molecule has 0 aliphatic carbocycles. The van der Waals surface area contributed by atoms with Crippen molar-refractivity contribution < 1.29 is 34.1 Å². The first-order chi connectivity index (χ1) is 13.4. The second-order valence-electron chi connectivity index (χ2n) is 7.42. The maximum Gasteiger partial charge on any atom is 0.418 e. The Morgan fingerprint density at radius 2 is 1.70 bits per heavy atom. The fraction of sp³-hybridized carbons (Fsp3) is 0.750. The van der Waals surface area contributed by atoms with Crippen LogP contribution in [0.25, 0.3) is 0 Å². The number of carbonyl (C=O) groups excluding carboxylic acids is 3. The van der Waals surface area contributed by atoms with Gasteiger partial charge in [-0.1, -0.05) is 34.8 Å². The van der Waals surface area contributed by atoms with Crippen LogP contribution in [0.5, 0.6) is 0 Å². The lowest BCUT2D eigenvalue weighted by atomic mass is 9.86. The molecule has 14 heteroatoms. The summed E-state index contributed by atoms with van der Waals surface area (Å²) in [6.45, 7) is 4.83. The molecule has 3 amide bonds. The van der Waals surface area contributed by atoms with Crippen molar-refractivity contribution in [2.24, 2.45) is 5.73 Å². The smallest absolute Gasteiger partial charge is 0.418 e. The number of alkyl halides is 3. The number of nitrogens with two attached hydrogens (primary N) is 1. The predicted molar refractivity (Wildman–Crippen MR) is 115 cm³/mol. The summed E-state index contributed by atoms with van der Waals surface area (Å²) >= 11 is 21.3. The average molecular weight is 511 g/mol. The number of halogens is 3. The lowest BCUT2D eigenvalue weighted by Gasteiger charge is -2.44. The maximum absolute atomic E-state index is 12.9. The number of hydrogen-bond donors (Lipinski definition) is 5. The third-order valence-corrected chi connectivity index (χ3v) is 4.44. The lowest BCUT2D eigenvalue weighted by molar-refractivity contribution is -0.168. The molecule has 0 aromatic carbocycles. The van der Waals surface area contributed by atoms with Crippen molar-refractivity contribution in [2.75, 3.05) is 12.3 Å². The molecule has 10 nitrogen and oxygen atoms in total. The number of aliphatic carboxylic acids is 1. The Morgan fingerprint density at radius 1 is 1.20 bits per heavy atom. The summed E-state index contributed by atoms with van der Waals surface area (Å²) < 4.78 is 2.81. The number of hydrogen-bond acceptors (Lipinski definition) is 8. The Hall–Kier alpha value is -0.980. The average Bonchev–Trinajstić information content (AvgIpc) is 2.54. The molecule has 0 rings (SSSR count). The van der Waals surface area contributed by atoms with Crippen LogP contribution >= 0.6 is 47.4 Å². The SMILES string of the molecule is CC(=O)NC[C@H](O)C(CC(Cl)(Cl)Cl)(C(=O)O)N(C(=O)OC(C)(C)C)C(=O)C(N)CS. The van der Waals surface area contributed by atoms with E-state index in [0.29, 0.717) is 0 Å². The first-order valence-corrected chi connectivity index (χ1v) is 10.3. The van der Waals surface area contributed by atoms with Gasteiger partial charge in [-0.3, -0.25) is 9.59 Å². The summed E-state index contributed by atoms with van der Waals surface area (Å²) in [5, 5.41) is 23.0. The Balaban J connectivity index is 6.81.